The standard InChI is InChI=1S/C30H54N4O4/c1-8-10-12-13-14-16-18-24(28(37)31-22-27(36)34(23(3)4)30(5,6)7)32-29(38)25-19-17-21-33(25)26(35)20-15-11-9-2/h15,20,23-25H,8-14,16-19,21-22H2,1-7H3,(H,31,37)(H,32,38)/b20-15+/t24?,25-/m0/s1. The molecule has 218 valence electrons. The van der Waals surface area contributed by atoms with E-state index in [0.29, 0.717) is 19.4 Å². The fourth-order valence-corrected chi connectivity index (χ4v) is 5.22. The van der Waals surface area contributed by atoms with Crippen LogP contribution in [0, 0.1) is 0 Å². The van der Waals surface area contributed by atoms with Crippen molar-refractivity contribution in [3.05, 3.63) is 12.2 Å². The first kappa shape index (κ1) is 33.6. The third kappa shape index (κ3) is 11.6. The molecule has 0 bridgehead atoms. The van der Waals surface area contributed by atoms with E-state index in [9.17, 15) is 19.2 Å². The van der Waals surface area contributed by atoms with Gasteiger partial charge in [-0.05, 0) is 66.4 Å². The van der Waals surface area contributed by atoms with Gasteiger partial charge in [0.05, 0.1) is 6.54 Å². The van der Waals surface area contributed by atoms with Gasteiger partial charge in [-0.25, -0.2) is 0 Å². The van der Waals surface area contributed by atoms with E-state index in [1.165, 1.54) is 12.8 Å². The smallest absolute Gasteiger partial charge is 0.246 e. The summed E-state index contributed by atoms with van der Waals surface area (Å²) < 4.78 is 0. The molecule has 2 N–H and O–H groups in total. The van der Waals surface area contributed by atoms with Crippen LogP contribution in [0.25, 0.3) is 0 Å². The van der Waals surface area contributed by atoms with Crippen LogP contribution in [0.15, 0.2) is 12.2 Å². The Morgan fingerprint density at radius 2 is 1.66 bits per heavy atom. The third-order valence-corrected chi connectivity index (χ3v) is 6.96. The fourth-order valence-electron chi connectivity index (χ4n) is 5.22. The minimum absolute atomic E-state index is 0.00437. The summed E-state index contributed by atoms with van der Waals surface area (Å²) in [6.45, 7) is 14.5. The predicted octanol–water partition coefficient (Wildman–Crippen LogP) is 4.72. The molecule has 8 nitrogen and oxygen atoms in total. The molecule has 1 heterocycles. The molecule has 1 unspecified atom stereocenters. The SMILES string of the molecule is CCC/C=C/C(=O)N1CCC[C@H]1C(=O)NC(CCCCCCCC)C(=O)NCC(=O)N(C(C)C)C(C)(C)C. The zero-order chi connectivity index (χ0) is 28.7. The van der Waals surface area contributed by atoms with E-state index in [4.69, 9.17) is 0 Å². The van der Waals surface area contributed by atoms with Gasteiger partial charge in [0.2, 0.25) is 23.6 Å². The Hall–Kier alpha value is -2.38. The molecule has 0 aromatic rings. The molecule has 1 saturated heterocycles. The van der Waals surface area contributed by atoms with Gasteiger partial charge in [-0.15, -0.1) is 0 Å². The van der Waals surface area contributed by atoms with Crippen molar-refractivity contribution in [2.45, 2.75) is 143 Å². The molecule has 38 heavy (non-hydrogen) atoms. The van der Waals surface area contributed by atoms with Crippen molar-refractivity contribution in [1.82, 2.24) is 20.4 Å². The highest BCUT2D eigenvalue weighted by molar-refractivity contribution is 5.95. The lowest BCUT2D eigenvalue weighted by molar-refractivity contribution is -0.140. The minimum atomic E-state index is -0.739. The average molecular weight is 535 g/mol. The van der Waals surface area contributed by atoms with Crippen LogP contribution >= 0.6 is 0 Å². The summed E-state index contributed by atoms with van der Waals surface area (Å²) in [7, 11) is 0. The van der Waals surface area contributed by atoms with Crippen LogP contribution in [-0.2, 0) is 19.2 Å². The van der Waals surface area contributed by atoms with E-state index in [1.807, 2.05) is 47.6 Å². The third-order valence-electron chi connectivity index (χ3n) is 6.96. The van der Waals surface area contributed by atoms with Gasteiger partial charge in [-0.3, -0.25) is 19.2 Å². The largest absolute Gasteiger partial charge is 0.345 e. The van der Waals surface area contributed by atoms with E-state index >= 15 is 0 Å². The first-order chi connectivity index (χ1) is 17.9. The van der Waals surface area contributed by atoms with Crippen molar-refractivity contribution in [2.75, 3.05) is 13.1 Å². The Balaban J connectivity index is 2.87. The number of amides is 4. The molecule has 0 aliphatic carbocycles. The maximum absolute atomic E-state index is 13.3. The Morgan fingerprint density at radius 3 is 2.26 bits per heavy atom. The summed E-state index contributed by atoms with van der Waals surface area (Å²) in [5.74, 6) is -0.959. The number of hydrogen-bond donors (Lipinski definition) is 2. The summed E-state index contributed by atoms with van der Waals surface area (Å²) >= 11 is 0. The van der Waals surface area contributed by atoms with Gasteiger partial charge < -0.3 is 20.4 Å². The number of hydrogen-bond acceptors (Lipinski definition) is 4. The number of allylic oxidation sites excluding steroid dienone is 1. The number of rotatable bonds is 16. The maximum atomic E-state index is 13.3. The van der Waals surface area contributed by atoms with Crippen LogP contribution < -0.4 is 10.6 Å². The van der Waals surface area contributed by atoms with Crippen LogP contribution in [0.3, 0.4) is 0 Å². The highest BCUT2D eigenvalue weighted by atomic mass is 16.2. The lowest BCUT2D eigenvalue weighted by Crippen LogP contribution is -2.56. The monoisotopic (exact) mass is 534 g/mol. The number of nitrogens with zero attached hydrogens (tertiary/aromatic N) is 2. The molecule has 0 aromatic carbocycles. The topological polar surface area (TPSA) is 98.8 Å². The van der Waals surface area contributed by atoms with E-state index in [1.54, 1.807) is 15.9 Å². The quantitative estimate of drug-likeness (QED) is 0.221. The molecule has 1 fully saturated rings. The van der Waals surface area contributed by atoms with Crippen molar-refractivity contribution >= 4 is 23.6 Å². The summed E-state index contributed by atoms with van der Waals surface area (Å²) in [5, 5.41) is 5.70. The Bertz CT molecular complexity index is 788. The van der Waals surface area contributed by atoms with Crippen LogP contribution in [0.2, 0.25) is 0 Å². The van der Waals surface area contributed by atoms with Gasteiger partial charge in [0.25, 0.3) is 0 Å². The maximum Gasteiger partial charge on any atom is 0.246 e. The minimum Gasteiger partial charge on any atom is -0.345 e. The molecule has 1 rings (SSSR count). The second-order valence-electron chi connectivity index (χ2n) is 11.7. The molecule has 0 spiro atoms. The van der Waals surface area contributed by atoms with E-state index in [2.05, 4.69) is 17.6 Å². The lowest BCUT2D eigenvalue weighted by Gasteiger charge is -2.39. The second-order valence-corrected chi connectivity index (χ2v) is 11.7. The molecule has 0 saturated carbocycles. The molecule has 8 heteroatoms. The van der Waals surface area contributed by atoms with Crippen molar-refractivity contribution in [3.8, 4) is 0 Å². The van der Waals surface area contributed by atoms with Gasteiger partial charge in [0, 0.05) is 18.1 Å². The lowest BCUT2D eigenvalue weighted by atomic mass is 10.0. The number of carbonyl (C=O) groups excluding carboxylic acids is 4. The molecule has 4 amide bonds. The van der Waals surface area contributed by atoms with Crippen LogP contribution in [0.4, 0.5) is 0 Å². The normalized spacial score (nSPS) is 16.6. The number of nitrogens with one attached hydrogen (secondary N) is 2. The van der Waals surface area contributed by atoms with Crippen molar-refractivity contribution in [1.29, 1.82) is 0 Å². The Morgan fingerprint density at radius 1 is 1.00 bits per heavy atom. The van der Waals surface area contributed by atoms with Crippen LogP contribution in [-0.4, -0.2) is 70.2 Å². The van der Waals surface area contributed by atoms with Gasteiger partial charge >= 0.3 is 0 Å². The van der Waals surface area contributed by atoms with Gasteiger partial charge in [-0.1, -0.05) is 64.9 Å². The highest BCUT2D eigenvalue weighted by Gasteiger charge is 2.35. The number of likely N-dealkylation sites (tertiary alicyclic amines) is 1. The first-order valence-electron chi connectivity index (χ1n) is 14.8. The van der Waals surface area contributed by atoms with Crippen molar-refractivity contribution in [3.63, 3.8) is 0 Å². The molecule has 1 aliphatic heterocycles. The molecule has 2 atom stereocenters. The molecule has 0 radical (unpaired) electrons. The fraction of sp³-hybridized carbons (Fsp3) is 0.800. The van der Waals surface area contributed by atoms with Crippen LogP contribution in [0.5, 0.6) is 0 Å². The summed E-state index contributed by atoms with van der Waals surface area (Å²) in [5.41, 5.74) is -0.369. The van der Waals surface area contributed by atoms with E-state index in [0.717, 1.165) is 44.9 Å². The summed E-state index contributed by atoms with van der Waals surface area (Å²) in [6, 6.07) is -1.32. The zero-order valence-electron chi connectivity index (χ0n) is 25.1. The van der Waals surface area contributed by atoms with Gasteiger partial charge in [0.15, 0.2) is 0 Å². The van der Waals surface area contributed by atoms with Gasteiger partial charge in [-0.2, -0.15) is 0 Å². The molecule has 0 aromatic heterocycles. The van der Waals surface area contributed by atoms with Crippen LogP contribution in [0.1, 0.15) is 119 Å². The predicted molar refractivity (Wildman–Crippen MR) is 153 cm³/mol. The molecular weight excluding hydrogens is 480 g/mol. The number of carbonyl (C=O) groups is 4. The van der Waals surface area contributed by atoms with Gasteiger partial charge in [0.1, 0.15) is 12.1 Å². The van der Waals surface area contributed by atoms with Crippen molar-refractivity contribution in [2.24, 2.45) is 0 Å². The number of unbranched alkanes of at least 4 members (excludes halogenated alkanes) is 6. The summed E-state index contributed by atoms with van der Waals surface area (Å²) in [4.78, 5) is 55.5. The zero-order valence-corrected chi connectivity index (χ0v) is 25.1. The average Bonchev–Trinajstić information content (AvgIpc) is 3.33. The van der Waals surface area contributed by atoms with E-state index in [-0.39, 0.29) is 41.8 Å². The Labute approximate surface area is 231 Å². The first-order valence-corrected chi connectivity index (χ1v) is 14.8. The van der Waals surface area contributed by atoms with E-state index < -0.39 is 12.1 Å². The molecular formula is C30H54N4O4. The highest BCUT2D eigenvalue weighted by Crippen LogP contribution is 2.19. The van der Waals surface area contributed by atoms with Crippen molar-refractivity contribution < 1.29 is 19.2 Å². The second kappa shape index (κ2) is 17.3. The summed E-state index contributed by atoms with van der Waals surface area (Å²) in [6.07, 6.45) is 13.4. The Kier molecular flexibility index (Phi) is 15.3. The molecule has 1 aliphatic rings.